The van der Waals surface area contributed by atoms with E-state index in [0.717, 1.165) is 29.8 Å². The smallest absolute Gasteiger partial charge is 0.303 e. The number of nitrogens with zero attached hydrogens (tertiary/aromatic N) is 2. The van der Waals surface area contributed by atoms with Gasteiger partial charge in [0.25, 0.3) is 0 Å². The van der Waals surface area contributed by atoms with Crippen LogP contribution < -0.4 is 9.62 Å². The van der Waals surface area contributed by atoms with Crippen molar-refractivity contribution in [1.29, 1.82) is 0 Å². The summed E-state index contributed by atoms with van der Waals surface area (Å²) in [5, 5.41) is 3.12. The average molecular weight is 269 g/mol. The molecule has 2 rings (SSSR count). The Morgan fingerprint density at radius 1 is 1.33 bits per heavy atom. The lowest BCUT2D eigenvalue weighted by molar-refractivity contribution is 0.512. The van der Waals surface area contributed by atoms with Gasteiger partial charge in [0, 0.05) is 33.4 Å². The van der Waals surface area contributed by atoms with E-state index in [-0.39, 0.29) is 0 Å². The van der Waals surface area contributed by atoms with E-state index in [1.165, 1.54) is 8.61 Å². The van der Waals surface area contributed by atoms with E-state index < -0.39 is 10.2 Å². The van der Waals surface area contributed by atoms with E-state index in [4.69, 9.17) is 0 Å². The van der Waals surface area contributed by atoms with Crippen molar-refractivity contribution in [3.05, 3.63) is 23.8 Å². The Bertz CT molecular complexity index is 540. The van der Waals surface area contributed by atoms with Gasteiger partial charge in [0.05, 0.1) is 5.69 Å². The molecule has 0 radical (unpaired) electrons. The standard InChI is InChI=1S/C12H19N3O2S/c1-13-11-7-4-8-12-10(11)6-5-9-15(12)18(16,17)14(2)3/h4,7-8,13H,5-6,9H2,1-3H3. The molecule has 18 heavy (non-hydrogen) atoms. The molecule has 5 nitrogen and oxygen atoms in total. The number of rotatable bonds is 3. The van der Waals surface area contributed by atoms with E-state index in [1.54, 1.807) is 14.1 Å². The first kappa shape index (κ1) is 13.2. The van der Waals surface area contributed by atoms with Crippen molar-refractivity contribution < 1.29 is 8.42 Å². The molecule has 0 saturated heterocycles. The molecule has 6 heteroatoms. The summed E-state index contributed by atoms with van der Waals surface area (Å²) in [6, 6.07) is 5.73. The van der Waals surface area contributed by atoms with Crippen LogP contribution in [0, 0.1) is 0 Å². The minimum Gasteiger partial charge on any atom is -0.388 e. The predicted octanol–water partition coefficient (Wildman–Crippen LogP) is 1.29. The number of hydrogen-bond acceptors (Lipinski definition) is 3. The molecular formula is C12H19N3O2S. The molecule has 1 N–H and O–H groups in total. The van der Waals surface area contributed by atoms with Crippen LogP contribution in [0.4, 0.5) is 11.4 Å². The summed E-state index contributed by atoms with van der Waals surface area (Å²) in [7, 11) is 1.58. The van der Waals surface area contributed by atoms with Gasteiger partial charge in [0.15, 0.2) is 0 Å². The molecule has 0 atom stereocenters. The van der Waals surface area contributed by atoms with Crippen molar-refractivity contribution in [2.45, 2.75) is 12.8 Å². The highest BCUT2D eigenvalue weighted by Crippen LogP contribution is 2.34. The van der Waals surface area contributed by atoms with Crippen LogP contribution in [0.5, 0.6) is 0 Å². The molecule has 0 spiro atoms. The quantitative estimate of drug-likeness (QED) is 0.899. The Morgan fingerprint density at radius 2 is 2.06 bits per heavy atom. The van der Waals surface area contributed by atoms with E-state index in [2.05, 4.69) is 5.32 Å². The predicted molar refractivity (Wildman–Crippen MR) is 74.3 cm³/mol. The second kappa shape index (κ2) is 4.78. The first-order valence-electron chi connectivity index (χ1n) is 5.98. The van der Waals surface area contributed by atoms with Gasteiger partial charge in [-0.05, 0) is 30.5 Å². The van der Waals surface area contributed by atoms with Gasteiger partial charge in [0.2, 0.25) is 0 Å². The van der Waals surface area contributed by atoms with Gasteiger partial charge in [-0.15, -0.1) is 0 Å². The lowest BCUT2D eigenvalue weighted by Crippen LogP contribution is -2.42. The van der Waals surface area contributed by atoms with Crippen LogP contribution >= 0.6 is 0 Å². The molecule has 1 aromatic rings. The second-order valence-electron chi connectivity index (χ2n) is 4.52. The molecule has 100 valence electrons. The largest absolute Gasteiger partial charge is 0.388 e. The van der Waals surface area contributed by atoms with Gasteiger partial charge >= 0.3 is 10.2 Å². The molecule has 0 fully saturated rings. The fourth-order valence-electron chi connectivity index (χ4n) is 2.26. The summed E-state index contributed by atoms with van der Waals surface area (Å²) in [5.41, 5.74) is 2.88. The van der Waals surface area contributed by atoms with Crippen molar-refractivity contribution in [3.8, 4) is 0 Å². The highest BCUT2D eigenvalue weighted by molar-refractivity contribution is 7.90. The van der Waals surface area contributed by atoms with E-state index in [9.17, 15) is 8.42 Å². The fraction of sp³-hybridized carbons (Fsp3) is 0.500. The zero-order valence-electron chi connectivity index (χ0n) is 11.0. The summed E-state index contributed by atoms with van der Waals surface area (Å²) in [6.07, 6.45) is 1.75. The van der Waals surface area contributed by atoms with E-state index in [1.807, 2.05) is 25.2 Å². The molecule has 0 aromatic heterocycles. The van der Waals surface area contributed by atoms with Crippen LogP contribution in [0.2, 0.25) is 0 Å². The molecule has 1 heterocycles. The molecule has 0 amide bonds. The first-order valence-corrected chi connectivity index (χ1v) is 7.38. The zero-order valence-corrected chi connectivity index (χ0v) is 11.8. The Kier molecular flexibility index (Phi) is 3.49. The average Bonchev–Trinajstić information content (AvgIpc) is 2.36. The maximum absolute atomic E-state index is 12.3. The number of nitrogens with one attached hydrogen (secondary N) is 1. The van der Waals surface area contributed by atoms with Crippen molar-refractivity contribution in [2.24, 2.45) is 0 Å². The van der Waals surface area contributed by atoms with Crippen LogP contribution in [0.1, 0.15) is 12.0 Å². The molecular weight excluding hydrogens is 250 g/mol. The van der Waals surface area contributed by atoms with Gasteiger partial charge in [-0.3, -0.25) is 4.31 Å². The van der Waals surface area contributed by atoms with Crippen LogP contribution in [0.3, 0.4) is 0 Å². The summed E-state index contributed by atoms with van der Waals surface area (Å²) in [4.78, 5) is 0. The first-order chi connectivity index (χ1) is 8.48. The minimum atomic E-state index is -3.40. The van der Waals surface area contributed by atoms with Gasteiger partial charge in [0.1, 0.15) is 0 Å². The number of fused-ring (bicyclic) bond motifs is 1. The van der Waals surface area contributed by atoms with Gasteiger partial charge in [-0.25, -0.2) is 0 Å². The van der Waals surface area contributed by atoms with E-state index in [0.29, 0.717) is 6.54 Å². The Balaban J connectivity index is 2.53. The topological polar surface area (TPSA) is 52.7 Å². The third kappa shape index (κ3) is 2.06. The van der Waals surface area contributed by atoms with Crippen molar-refractivity contribution >= 4 is 21.6 Å². The molecule has 0 bridgehead atoms. The van der Waals surface area contributed by atoms with Crippen LogP contribution in [0.15, 0.2) is 18.2 Å². The lowest BCUT2D eigenvalue weighted by atomic mass is 10.0. The minimum absolute atomic E-state index is 0.542. The third-order valence-corrected chi connectivity index (χ3v) is 5.08. The van der Waals surface area contributed by atoms with Crippen molar-refractivity contribution in [2.75, 3.05) is 37.3 Å². The number of hydrogen-bond donors (Lipinski definition) is 1. The molecule has 1 aromatic carbocycles. The normalized spacial score (nSPS) is 15.7. The molecule has 1 aliphatic heterocycles. The van der Waals surface area contributed by atoms with E-state index >= 15 is 0 Å². The summed E-state index contributed by atoms with van der Waals surface area (Å²) in [5.74, 6) is 0. The Morgan fingerprint density at radius 3 is 2.67 bits per heavy atom. The second-order valence-corrected chi connectivity index (χ2v) is 6.59. The highest BCUT2D eigenvalue weighted by atomic mass is 32.2. The maximum Gasteiger partial charge on any atom is 0.303 e. The maximum atomic E-state index is 12.3. The summed E-state index contributed by atoms with van der Waals surface area (Å²) < 4.78 is 27.3. The zero-order chi connectivity index (χ0) is 13.3. The SMILES string of the molecule is CNc1cccc2c1CCCN2S(=O)(=O)N(C)C. The van der Waals surface area contributed by atoms with Gasteiger partial charge in [-0.1, -0.05) is 6.07 Å². The van der Waals surface area contributed by atoms with Crippen molar-refractivity contribution in [3.63, 3.8) is 0 Å². The number of benzene rings is 1. The summed E-state index contributed by atoms with van der Waals surface area (Å²) in [6.45, 7) is 0.542. The Labute approximate surface area is 109 Å². The Hall–Kier alpha value is -1.27. The summed E-state index contributed by atoms with van der Waals surface area (Å²) >= 11 is 0. The lowest BCUT2D eigenvalue weighted by Gasteiger charge is -2.33. The highest BCUT2D eigenvalue weighted by Gasteiger charge is 2.29. The van der Waals surface area contributed by atoms with Gasteiger partial charge in [-0.2, -0.15) is 12.7 Å². The molecule has 0 aliphatic carbocycles. The monoisotopic (exact) mass is 269 g/mol. The molecule has 0 saturated carbocycles. The molecule has 0 unspecified atom stereocenters. The van der Waals surface area contributed by atoms with Crippen LogP contribution in [-0.2, 0) is 16.6 Å². The fourth-order valence-corrected chi connectivity index (χ4v) is 3.44. The third-order valence-electron chi connectivity index (χ3n) is 3.22. The van der Waals surface area contributed by atoms with Crippen molar-refractivity contribution in [1.82, 2.24) is 4.31 Å². The van der Waals surface area contributed by atoms with Crippen LogP contribution in [-0.4, -0.2) is 40.4 Å². The van der Waals surface area contributed by atoms with Crippen LogP contribution in [0.25, 0.3) is 0 Å². The molecule has 1 aliphatic rings. The number of anilines is 2. The van der Waals surface area contributed by atoms with Gasteiger partial charge < -0.3 is 5.32 Å².